The SMILES string of the molecule is CC(CCc1ccccc1O[C@H](C)CO)NC(=O)OC(C)(C)C. The number of amides is 1. The number of carbonyl (C=O) groups excluding carboxylic acids is 1. The number of alkyl carbamates (subject to hydrolysis) is 1. The fraction of sp³-hybridized carbons (Fsp3) is 0.611. The molecule has 130 valence electrons. The zero-order valence-electron chi connectivity index (χ0n) is 14.8. The lowest BCUT2D eigenvalue weighted by atomic mass is 10.1. The van der Waals surface area contributed by atoms with Gasteiger partial charge in [-0.3, -0.25) is 0 Å². The molecule has 1 amide bonds. The Kier molecular flexibility index (Phi) is 7.36. The van der Waals surface area contributed by atoms with Crippen LogP contribution in [-0.2, 0) is 11.2 Å². The van der Waals surface area contributed by atoms with E-state index in [1.807, 2.05) is 58.9 Å². The summed E-state index contributed by atoms with van der Waals surface area (Å²) in [5.74, 6) is 0.776. The molecule has 1 rings (SSSR count). The van der Waals surface area contributed by atoms with E-state index in [-0.39, 0.29) is 18.8 Å². The van der Waals surface area contributed by atoms with Crippen LogP contribution in [0.25, 0.3) is 0 Å². The fourth-order valence-electron chi connectivity index (χ4n) is 2.03. The number of rotatable bonds is 7. The van der Waals surface area contributed by atoms with Gasteiger partial charge in [0, 0.05) is 6.04 Å². The van der Waals surface area contributed by atoms with Crippen LogP contribution in [-0.4, -0.2) is 35.6 Å². The zero-order valence-corrected chi connectivity index (χ0v) is 14.8. The van der Waals surface area contributed by atoms with Gasteiger partial charge in [0.05, 0.1) is 6.61 Å². The van der Waals surface area contributed by atoms with Gasteiger partial charge in [-0.25, -0.2) is 4.79 Å². The molecule has 0 saturated heterocycles. The number of para-hydroxylation sites is 1. The first-order valence-electron chi connectivity index (χ1n) is 8.06. The first-order chi connectivity index (χ1) is 10.7. The summed E-state index contributed by atoms with van der Waals surface area (Å²) in [5.41, 5.74) is 0.565. The van der Waals surface area contributed by atoms with Crippen LogP contribution in [0.4, 0.5) is 4.79 Å². The van der Waals surface area contributed by atoms with Crippen molar-refractivity contribution in [3.8, 4) is 5.75 Å². The third-order valence-corrected chi connectivity index (χ3v) is 3.17. The van der Waals surface area contributed by atoms with Crippen molar-refractivity contribution in [1.82, 2.24) is 5.32 Å². The van der Waals surface area contributed by atoms with Crippen molar-refractivity contribution in [2.45, 2.75) is 65.2 Å². The fourth-order valence-corrected chi connectivity index (χ4v) is 2.03. The molecule has 2 N–H and O–H groups in total. The molecule has 0 fully saturated rings. The lowest BCUT2D eigenvalue weighted by Gasteiger charge is -2.22. The highest BCUT2D eigenvalue weighted by Gasteiger charge is 2.18. The Morgan fingerprint density at radius 1 is 1.26 bits per heavy atom. The largest absolute Gasteiger partial charge is 0.488 e. The quantitative estimate of drug-likeness (QED) is 0.808. The second kappa shape index (κ2) is 8.77. The predicted octanol–water partition coefficient (Wildman–Crippen LogP) is 3.29. The van der Waals surface area contributed by atoms with Crippen LogP contribution < -0.4 is 10.1 Å². The Hall–Kier alpha value is -1.75. The molecule has 1 unspecified atom stereocenters. The number of aliphatic hydroxyl groups is 1. The van der Waals surface area contributed by atoms with Crippen LogP contribution in [0.2, 0.25) is 0 Å². The van der Waals surface area contributed by atoms with Gasteiger partial charge in [-0.2, -0.15) is 0 Å². The number of benzene rings is 1. The van der Waals surface area contributed by atoms with Gasteiger partial charge in [0.15, 0.2) is 0 Å². The molecule has 0 aliphatic heterocycles. The van der Waals surface area contributed by atoms with Crippen LogP contribution in [0.1, 0.15) is 46.6 Å². The molecule has 0 radical (unpaired) electrons. The molecule has 0 spiro atoms. The molecule has 1 aromatic rings. The molecule has 0 heterocycles. The first-order valence-corrected chi connectivity index (χ1v) is 8.06. The molecular weight excluding hydrogens is 294 g/mol. The number of aryl methyl sites for hydroxylation is 1. The van der Waals surface area contributed by atoms with Crippen LogP contribution in [0.3, 0.4) is 0 Å². The number of carbonyl (C=O) groups is 1. The Labute approximate surface area is 139 Å². The number of hydrogen-bond acceptors (Lipinski definition) is 4. The molecular formula is C18H29NO4. The average Bonchev–Trinajstić information content (AvgIpc) is 2.44. The summed E-state index contributed by atoms with van der Waals surface area (Å²) in [6, 6.07) is 7.75. The third kappa shape index (κ3) is 7.88. The van der Waals surface area contributed by atoms with Gasteiger partial charge in [0.1, 0.15) is 17.5 Å². The lowest BCUT2D eigenvalue weighted by Crippen LogP contribution is -2.37. The molecule has 0 aliphatic rings. The second-order valence-electron chi connectivity index (χ2n) is 6.80. The van der Waals surface area contributed by atoms with Crippen molar-refractivity contribution in [2.24, 2.45) is 0 Å². The minimum absolute atomic E-state index is 0.00632. The van der Waals surface area contributed by atoms with Crippen molar-refractivity contribution in [3.05, 3.63) is 29.8 Å². The van der Waals surface area contributed by atoms with E-state index in [1.54, 1.807) is 0 Å². The molecule has 5 nitrogen and oxygen atoms in total. The van der Waals surface area contributed by atoms with Gasteiger partial charge in [-0.15, -0.1) is 0 Å². The smallest absolute Gasteiger partial charge is 0.407 e. The maximum Gasteiger partial charge on any atom is 0.407 e. The van der Waals surface area contributed by atoms with E-state index in [2.05, 4.69) is 5.32 Å². The van der Waals surface area contributed by atoms with E-state index in [0.29, 0.717) is 0 Å². The van der Waals surface area contributed by atoms with Crippen molar-refractivity contribution < 1.29 is 19.4 Å². The third-order valence-electron chi connectivity index (χ3n) is 3.17. The second-order valence-corrected chi connectivity index (χ2v) is 6.80. The molecule has 0 aliphatic carbocycles. The summed E-state index contributed by atoms with van der Waals surface area (Å²) in [6.07, 6.45) is 0.898. The molecule has 23 heavy (non-hydrogen) atoms. The molecule has 1 aromatic carbocycles. The number of nitrogens with one attached hydrogen (secondary N) is 1. The highest BCUT2D eigenvalue weighted by atomic mass is 16.6. The Morgan fingerprint density at radius 2 is 1.91 bits per heavy atom. The highest BCUT2D eigenvalue weighted by Crippen LogP contribution is 2.21. The summed E-state index contributed by atoms with van der Waals surface area (Å²) in [6.45, 7) is 9.27. The topological polar surface area (TPSA) is 67.8 Å². The lowest BCUT2D eigenvalue weighted by molar-refractivity contribution is 0.0506. The summed E-state index contributed by atoms with van der Waals surface area (Å²) in [4.78, 5) is 11.7. The van der Waals surface area contributed by atoms with Crippen molar-refractivity contribution in [3.63, 3.8) is 0 Å². The van der Waals surface area contributed by atoms with E-state index in [1.165, 1.54) is 0 Å². The number of hydrogen-bond donors (Lipinski definition) is 2. The van der Waals surface area contributed by atoms with Crippen LogP contribution in [0.15, 0.2) is 24.3 Å². The number of aliphatic hydroxyl groups excluding tert-OH is 1. The molecule has 0 bridgehead atoms. The van der Waals surface area contributed by atoms with Gasteiger partial charge < -0.3 is 19.9 Å². The van der Waals surface area contributed by atoms with Gasteiger partial charge in [-0.05, 0) is 59.1 Å². The Morgan fingerprint density at radius 3 is 2.52 bits per heavy atom. The van der Waals surface area contributed by atoms with E-state index in [4.69, 9.17) is 14.6 Å². The minimum atomic E-state index is -0.495. The maximum absolute atomic E-state index is 11.7. The van der Waals surface area contributed by atoms with E-state index >= 15 is 0 Å². The minimum Gasteiger partial charge on any atom is -0.488 e. The molecule has 2 atom stereocenters. The van der Waals surface area contributed by atoms with Crippen molar-refractivity contribution in [2.75, 3.05) is 6.61 Å². The summed E-state index contributed by atoms with van der Waals surface area (Å²) >= 11 is 0. The maximum atomic E-state index is 11.7. The van der Waals surface area contributed by atoms with E-state index < -0.39 is 11.7 Å². The van der Waals surface area contributed by atoms with Crippen LogP contribution >= 0.6 is 0 Å². The van der Waals surface area contributed by atoms with E-state index in [9.17, 15) is 4.79 Å². The highest BCUT2D eigenvalue weighted by molar-refractivity contribution is 5.68. The first kappa shape index (κ1) is 19.3. The molecule has 0 saturated carbocycles. The predicted molar refractivity (Wildman–Crippen MR) is 90.8 cm³/mol. The van der Waals surface area contributed by atoms with Gasteiger partial charge >= 0.3 is 6.09 Å². The molecule has 0 aromatic heterocycles. The normalized spacial score (nSPS) is 14.0. The van der Waals surface area contributed by atoms with E-state index in [0.717, 1.165) is 24.2 Å². The van der Waals surface area contributed by atoms with Crippen molar-refractivity contribution in [1.29, 1.82) is 0 Å². The average molecular weight is 323 g/mol. The zero-order chi connectivity index (χ0) is 17.5. The summed E-state index contributed by atoms with van der Waals surface area (Å²) in [5, 5.41) is 11.9. The van der Waals surface area contributed by atoms with Crippen molar-refractivity contribution >= 4 is 6.09 Å². The van der Waals surface area contributed by atoms with Gasteiger partial charge in [0.2, 0.25) is 0 Å². The Balaban J connectivity index is 2.53. The van der Waals surface area contributed by atoms with Gasteiger partial charge in [0.25, 0.3) is 0 Å². The monoisotopic (exact) mass is 323 g/mol. The van der Waals surface area contributed by atoms with Gasteiger partial charge in [-0.1, -0.05) is 18.2 Å². The van der Waals surface area contributed by atoms with Crippen LogP contribution in [0, 0.1) is 0 Å². The number of ether oxygens (including phenoxy) is 2. The summed E-state index contributed by atoms with van der Waals surface area (Å²) in [7, 11) is 0. The molecule has 5 heteroatoms. The standard InChI is InChI=1S/C18H29NO4/c1-13(19-17(21)23-18(3,4)5)10-11-15-8-6-7-9-16(15)22-14(2)12-20/h6-9,13-14,20H,10-12H2,1-5H3,(H,19,21)/t13?,14-/m1/s1. The summed E-state index contributed by atoms with van der Waals surface area (Å²) < 4.78 is 11.0. The van der Waals surface area contributed by atoms with Crippen LogP contribution in [0.5, 0.6) is 5.75 Å². The Bertz CT molecular complexity index is 496.